The van der Waals surface area contributed by atoms with E-state index in [1.165, 1.54) is 0 Å². The fourth-order valence-electron chi connectivity index (χ4n) is 1.77. The number of terminal acetylenes is 1. The molecule has 0 radical (unpaired) electrons. The zero-order valence-electron chi connectivity index (χ0n) is 9.25. The predicted octanol–water partition coefficient (Wildman–Crippen LogP) is 0.301. The summed E-state index contributed by atoms with van der Waals surface area (Å²) in [5.74, 6) is -0.448. The van der Waals surface area contributed by atoms with Gasteiger partial charge in [0.1, 0.15) is 6.61 Å². The van der Waals surface area contributed by atoms with E-state index in [2.05, 4.69) is 16.1 Å². The van der Waals surface area contributed by atoms with Gasteiger partial charge in [0.05, 0.1) is 13.1 Å². The molecule has 0 saturated carbocycles. The molecule has 92 valence electrons. The molecule has 0 atom stereocenters. The molecule has 0 unspecified atom stereocenters. The van der Waals surface area contributed by atoms with Crippen LogP contribution in [0.3, 0.4) is 0 Å². The quantitative estimate of drug-likeness (QED) is 0.669. The van der Waals surface area contributed by atoms with Crippen LogP contribution in [0.15, 0.2) is 0 Å². The van der Waals surface area contributed by atoms with Gasteiger partial charge < -0.3 is 10.4 Å². The molecule has 16 heavy (non-hydrogen) atoms. The van der Waals surface area contributed by atoms with E-state index in [4.69, 9.17) is 11.5 Å². The highest BCUT2D eigenvalue weighted by molar-refractivity contribution is 4.90. The first-order valence-electron chi connectivity index (χ1n) is 5.45. The SMILES string of the molecule is C#CCN1CCC(NCC(F)(F)CO)CC1. The van der Waals surface area contributed by atoms with Crippen LogP contribution in [-0.2, 0) is 0 Å². The van der Waals surface area contributed by atoms with Crippen molar-refractivity contribution in [2.24, 2.45) is 0 Å². The largest absolute Gasteiger partial charge is 0.390 e. The molecule has 1 rings (SSSR count). The summed E-state index contributed by atoms with van der Waals surface area (Å²) in [6, 6.07) is 0.103. The Morgan fingerprint density at radius 2 is 2.06 bits per heavy atom. The van der Waals surface area contributed by atoms with Gasteiger partial charge in [0.15, 0.2) is 0 Å². The van der Waals surface area contributed by atoms with E-state index in [1.54, 1.807) is 0 Å². The Hall–Kier alpha value is -0.700. The van der Waals surface area contributed by atoms with Gasteiger partial charge in [-0.25, -0.2) is 8.78 Å². The number of piperidine rings is 1. The molecule has 1 heterocycles. The van der Waals surface area contributed by atoms with E-state index in [-0.39, 0.29) is 6.04 Å². The van der Waals surface area contributed by atoms with Crippen molar-refractivity contribution in [3.63, 3.8) is 0 Å². The minimum absolute atomic E-state index is 0.103. The van der Waals surface area contributed by atoms with Gasteiger partial charge in [-0.15, -0.1) is 6.42 Å². The smallest absolute Gasteiger partial charge is 0.282 e. The maximum absolute atomic E-state index is 12.8. The molecule has 1 aliphatic heterocycles. The lowest BCUT2D eigenvalue weighted by Crippen LogP contribution is -2.46. The van der Waals surface area contributed by atoms with Gasteiger partial charge in [0.25, 0.3) is 5.92 Å². The Balaban J connectivity index is 2.20. The third-order valence-corrected chi connectivity index (χ3v) is 2.78. The van der Waals surface area contributed by atoms with Crippen LogP contribution in [0.4, 0.5) is 8.78 Å². The van der Waals surface area contributed by atoms with Crippen LogP contribution in [0, 0.1) is 12.3 Å². The summed E-state index contributed by atoms with van der Waals surface area (Å²) >= 11 is 0. The molecule has 0 aliphatic carbocycles. The van der Waals surface area contributed by atoms with Gasteiger partial charge >= 0.3 is 0 Å². The van der Waals surface area contributed by atoms with Crippen molar-refractivity contribution in [1.29, 1.82) is 0 Å². The van der Waals surface area contributed by atoms with Gasteiger partial charge in [-0.1, -0.05) is 5.92 Å². The van der Waals surface area contributed by atoms with E-state index in [0.717, 1.165) is 25.9 Å². The highest BCUT2D eigenvalue weighted by Crippen LogP contribution is 2.14. The topological polar surface area (TPSA) is 35.5 Å². The Kier molecular flexibility index (Phi) is 5.13. The second-order valence-electron chi connectivity index (χ2n) is 4.15. The average Bonchev–Trinajstić information content (AvgIpc) is 2.29. The zero-order valence-corrected chi connectivity index (χ0v) is 9.25. The summed E-state index contributed by atoms with van der Waals surface area (Å²) in [5.41, 5.74) is 0. The van der Waals surface area contributed by atoms with Crippen LogP contribution < -0.4 is 5.32 Å². The van der Waals surface area contributed by atoms with Crippen molar-refractivity contribution in [2.45, 2.75) is 24.8 Å². The number of nitrogens with one attached hydrogen (secondary N) is 1. The second kappa shape index (κ2) is 6.14. The molecular weight excluding hydrogens is 214 g/mol. The highest BCUT2D eigenvalue weighted by atomic mass is 19.3. The number of hydrogen-bond donors (Lipinski definition) is 2. The van der Waals surface area contributed by atoms with Crippen LogP contribution in [0.5, 0.6) is 0 Å². The van der Waals surface area contributed by atoms with Crippen molar-refractivity contribution < 1.29 is 13.9 Å². The summed E-state index contributed by atoms with van der Waals surface area (Å²) in [6.45, 7) is 0.748. The van der Waals surface area contributed by atoms with E-state index < -0.39 is 19.1 Å². The number of alkyl halides is 2. The summed E-state index contributed by atoms with van der Waals surface area (Å²) in [6.07, 6.45) is 6.84. The minimum Gasteiger partial charge on any atom is -0.390 e. The molecule has 5 heteroatoms. The number of hydrogen-bond acceptors (Lipinski definition) is 3. The maximum Gasteiger partial charge on any atom is 0.282 e. The molecule has 0 amide bonds. The van der Waals surface area contributed by atoms with Crippen LogP contribution >= 0.6 is 0 Å². The number of rotatable bonds is 5. The molecular formula is C11H18F2N2O. The van der Waals surface area contributed by atoms with Gasteiger partial charge in [-0.05, 0) is 12.8 Å². The van der Waals surface area contributed by atoms with Crippen molar-refractivity contribution in [3.8, 4) is 12.3 Å². The van der Waals surface area contributed by atoms with Crippen molar-refractivity contribution in [3.05, 3.63) is 0 Å². The summed E-state index contributed by atoms with van der Waals surface area (Å²) in [4.78, 5) is 2.13. The number of aliphatic hydroxyl groups is 1. The second-order valence-corrected chi connectivity index (χ2v) is 4.15. The van der Waals surface area contributed by atoms with E-state index >= 15 is 0 Å². The van der Waals surface area contributed by atoms with Crippen molar-refractivity contribution >= 4 is 0 Å². The summed E-state index contributed by atoms with van der Waals surface area (Å²) in [5, 5.41) is 11.2. The van der Waals surface area contributed by atoms with Crippen LogP contribution in [0.2, 0.25) is 0 Å². The van der Waals surface area contributed by atoms with Crippen LogP contribution in [-0.4, -0.2) is 54.8 Å². The lowest BCUT2D eigenvalue weighted by Gasteiger charge is -2.31. The molecule has 1 saturated heterocycles. The van der Waals surface area contributed by atoms with Crippen LogP contribution in [0.25, 0.3) is 0 Å². The maximum atomic E-state index is 12.8. The van der Waals surface area contributed by atoms with E-state index in [1.807, 2.05) is 0 Å². The standard InChI is InChI=1S/C11H18F2N2O/c1-2-5-15-6-3-10(4-7-15)14-8-11(12,13)9-16/h1,10,14,16H,3-9H2. The highest BCUT2D eigenvalue weighted by Gasteiger charge is 2.29. The van der Waals surface area contributed by atoms with Crippen molar-refractivity contribution in [1.82, 2.24) is 10.2 Å². The van der Waals surface area contributed by atoms with Crippen molar-refractivity contribution in [2.75, 3.05) is 32.8 Å². The third-order valence-electron chi connectivity index (χ3n) is 2.78. The van der Waals surface area contributed by atoms with E-state index in [9.17, 15) is 8.78 Å². The molecule has 0 aromatic heterocycles. The first kappa shape index (κ1) is 13.4. The molecule has 0 spiro atoms. The van der Waals surface area contributed by atoms with Gasteiger partial charge in [0, 0.05) is 19.1 Å². The number of likely N-dealkylation sites (tertiary alicyclic amines) is 1. The Labute approximate surface area is 94.8 Å². The Morgan fingerprint density at radius 3 is 2.56 bits per heavy atom. The minimum atomic E-state index is -3.02. The molecule has 0 aromatic rings. The molecule has 1 aliphatic rings. The lowest BCUT2D eigenvalue weighted by molar-refractivity contribution is -0.0503. The third kappa shape index (κ3) is 4.44. The van der Waals surface area contributed by atoms with Gasteiger partial charge in [-0.2, -0.15) is 0 Å². The molecule has 2 N–H and O–H groups in total. The monoisotopic (exact) mass is 232 g/mol. The first-order chi connectivity index (χ1) is 7.57. The average molecular weight is 232 g/mol. The molecule has 0 bridgehead atoms. The number of nitrogens with zero attached hydrogens (tertiary/aromatic N) is 1. The first-order valence-corrected chi connectivity index (χ1v) is 5.45. The summed E-state index contributed by atoms with van der Waals surface area (Å²) < 4.78 is 25.5. The number of aliphatic hydroxyl groups excluding tert-OH is 1. The molecule has 0 aromatic carbocycles. The van der Waals surface area contributed by atoms with Gasteiger partial charge in [-0.3, -0.25) is 4.90 Å². The summed E-state index contributed by atoms with van der Waals surface area (Å²) in [7, 11) is 0. The Morgan fingerprint density at radius 1 is 1.44 bits per heavy atom. The normalized spacial score (nSPS) is 19.6. The molecule has 1 fully saturated rings. The number of halogens is 2. The van der Waals surface area contributed by atoms with Gasteiger partial charge in [0.2, 0.25) is 0 Å². The predicted molar refractivity (Wildman–Crippen MR) is 58.3 cm³/mol. The molecule has 3 nitrogen and oxygen atoms in total. The fraction of sp³-hybridized carbons (Fsp3) is 0.818. The zero-order chi connectivity index (χ0) is 12.0. The lowest BCUT2D eigenvalue weighted by atomic mass is 10.0. The fourth-order valence-corrected chi connectivity index (χ4v) is 1.77. The van der Waals surface area contributed by atoms with E-state index in [0.29, 0.717) is 6.54 Å². The van der Waals surface area contributed by atoms with Crippen LogP contribution in [0.1, 0.15) is 12.8 Å². The Bertz CT molecular complexity index is 245.